The Balaban J connectivity index is 0.000000128. The molecule has 0 bridgehead atoms. The van der Waals surface area contributed by atoms with Gasteiger partial charge < -0.3 is 83.4 Å². The Morgan fingerprint density at radius 1 is 0.353 bits per heavy atom. The summed E-state index contributed by atoms with van der Waals surface area (Å²) in [6.07, 6.45) is 17.4. The quantitative estimate of drug-likeness (QED) is 0.0337. The minimum atomic E-state index is -2.66. The zero-order valence-corrected chi connectivity index (χ0v) is 75.3. The number of hydrogen-bond acceptors (Lipinski definition) is 28. The highest BCUT2D eigenvalue weighted by molar-refractivity contribution is 6.06. The van der Waals surface area contributed by atoms with Gasteiger partial charge in [0.15, 0.2) is 11.5 Å². The lowest BCUT2D eigenvalue weighted by atomic mass is 9.99. The van der Waals surface area contributed by atoms with E-state index in [0.29, 0.717) is 88.5 Å². The largest absolute Gasteiger partial charge is 0.368 e. The van der Waals surface area contributed by atoms with Gasteiger partial charge >= 0.3 is 0 Å². The molecular formula is C95H102N32O6. The fourth-order valence-corrected chi connectivity index (χ4v) is 16.7. The van der Waals surface area contributed by atoms with Crippen LogP contribution in [0.1, 0.15) is 115 Å². The van der Waals surface area contributed by atoms with Crippen molar-refractivity contribution in [2.45, 2.75) is 72.6 Å². The predicted octanol–water partition coefficient (Wildman–Crippen LogP) is 12.8. The van der Waals surface area contributed by atoms with Crippen molar-refractivity contribution in [3.63, 3.8) is 0 Å². The topological polar surface area (TPSA) is 434 Å². The minimum absolute atomic E-state index is 0.0193. The van der Waals surface area contributed by atoms with E-state index in [1.54, 1.807) is 47.0 Å². The molecule has 38 nitrogen and oxygen atoms in total. The van der Waals surface area contributed by atoms with E-state index >= 15 is 0 Å². The Morgan fingerprint density at radius 3 is 1.08 bits per heavy atom. The van der Waals surface area contributed by atoms with Gasteiger partial charge in [-0.05, 0) is 82.3 Å². The van der Waals surface area contributed by atoms with Crippen LogP contribution >= 0.6 is 0 Å². The Labute approximate surface area is 775 Å². The van der Waals surface area contributed by atoms with Crippen molar-refractivity contribution in [2.24, 2.45) is 40.0 Å². The van der Waals surface area contributed by atoms with Crippen LogP contribution in [0.25, 0.3) is 45.0 Å². The first-order chi connectivity index (χ1) is 66.4. The van der Waals surface area contributed by atoms with E-state index in [9.17, 15) is 28.8 Å². The standard InChI is InChI=1S/C25H27N9O.C25H26N8O.C23H25N7O2.C22H24N8O2/c1-14-9-22(29-15(2)28-14)31-21-10-20(18(11-27-21)25(35)26-3)30-19-8-6-7-17-23-16(13-34(5)32-23)12-33(4)24(17)19;1-15-8-9-21(27-11-15)30-22-10-20(18(12-28-22)25(34)26-2)29-19-7-5-6-17-23-16(14-33(4)31-23)13-32(3)24(17)19;1-24-23(32)16-10-25-19(27-22(31)13-7-8-13)9-18(16)26-17-6-4-5-15-20-14(12-30(3)28-20)11-29(2)21(15)17;1-23-22(32)19-16(9-17(26-27-19)25-21(31)12-7-8-12)24-15-6-4-5-14-18-13(11-30(3)28-18)10-29(2)20(14)15/h6-11,13H,12H2,1-5H3,(H,26,35)(H2,27,28,29,30,31);5-12,14H,13H2,1-4H3,(H,26,34)(H2,27,28,29,30);4-6,9-10,12-13H,7-8,11H2,1-3H3,(H,24,32)(H2,25,26,27,31);4-6,9,11-12H,7-8,10H2,1-3H3,(H,23,32)(H2,24,25,26,31)/i;2D3;1D3;. The van der Waals surface area contributed by atoms with E-state index in [1.165, 1.54) is 25.0 Å². The fraction of sp³-hybridized carbons (Fsp3) is 0.263. The third-order valence-electron chi connectivity index (χ3n) is 22.9. The number of anilines is 18. The third kappa shape index (κ3) is 19.0. The number of nitrogens with zero attached hydrogens (tertiary/aromatic N) is 20. The van der Waals surface area contributed by atoms with Crippen LogP contribution in [0.15, 0.2) is 165 Å². The van der Waals surface area contributed by atoms with E-state index in [2.05, 4.69) is 153 Å². The first-order valence-corrected chi connectivity index (χ1v) is 42.9. The van der Waals surface area contributed by atoms with Crippen LogP contribution < -0.4 is 83.4 Å². The second kappa shape index (κ2) is 37.2. The molecule has 6 aliphatic rings. The summed E-state index contributed by atoms with van der Waals surface area (Å²) < 4.78 is 51.8. The van der Waals surface area contributed by atoms with Crippen LogP contribution in [0.3, 0.4) is 0 Å². The number of rotatable bonds is 20. The summed E-state index contributed by atoms with van der Waals surface area (Å²) in [6.45, 7) is 3.19. The number of carbonyl (C=O) groups is 6. The average molecular weight is 1790 g/mol. The number of aryl methyl sites for hydroxylation is 7. The number of para-hydroxylation sites is 4. The lowest BCUT2D eigenvalue weighted by Gasteiger charge is -2.29. The van der Waals surface area contributed by atoms with E-state index in [-0.39, 0.29) is 58.1 Å². The molecule has 0 saturated heterocycles. The Morgan fingerprint density at radius 2 is 0.707 bits per heavy atom. The van der Waals surface area contributed by atoms with Gasteiger partial charge in [-0.25, -0.2) is 29.9 Å². The molecule has 678 valence electrons. The van der Waals surface area contributed by atoms with Crippen LogP contribution in [0.2, 0.25) is 0 Å². The van der Waals surface area contributed by atoms with Gasteiger partial charge in [0.25, 0.3) is 23.6 Å². The third-order valence-corrected chi connectivity index (χ3v) is 22.9. The van der Waals surface area contributed by atoms with Gasteiger partial charge in [0, 0.05) is 261 Å². The van der Waals surface area contributed by atoms with Crippen LogP contribution in [0.5, 0.6) is 0 Å². The first-order valence-electron chi connectivity index (χ1n) is 45.9. The predicted molar refractivity (Wildman–Crippen MR) is 514 cm³/mol. The maximum absolute atomic E-state index is 12.9. The highest BCUT2D eigenvalue weighted by Gasteiger charge is 2.35. The number of fused-ring (bicyclic) bond motifs is 12. The number of amides is 6. The average Bonchev–Trinajstić information content (AvgIpc) is 1.69. The molecule has 10 aromatic heterocycles. The molecule has 38 heteroatoms. The Hall–Kier alpha value is -16.7. The molecule has 133 heavy (non-hydrogen) atoms. The number of pyridine rings is 4. The summed E-state index contributed by atoms with van der Waals surface area (Å²) in [7, 11) is 18.8. The highest BCUT2D eigenvalue weighted by atomic mass is 16.2. The van der Waals surface area contributed by atoms with Crippen LogP contribution in [0, 0.1) is 32.6 Å². The first kappa shape index (κ1) is 80.8. The molecule has 4 aromatic carbocycles. The maximum Gasteiger partial charge on any atom is 0.273 e. The van der Waals surface area contributed by atoms with Crippen molar-refractivity contribution >= 4 is 139 Å². The molecule has 6 amide bonds. The molecule has 14 heterocycles. The molecule has 4 aliphatic heterocycles. The molecule has 14 aromatic rings. The lowest BCUT2D eigenvalue weighted by Crippen LogP contribution is -2.24. The van der Waals surface area contributed by atoms with Crippen molar-refractivity contribution in [2.75, 3.05) is 118 Å². The van der Waals surface area contributed by atoms with Gasteiger partial charge in [-0.1, -0.05) is 54.6 Å². The summed E-state index contributed by atoms with van der Waals surface area (Å²) in [5.41, 5.74) is 23.5. The molecule has 12 N–H and O–H groups in total. The van der Waals surface area contributed by atoms with Gasteiger partial charge in [-0.2, -0.15) is 20.4 Å². The minimum Gasteiger partial charge on any atom is -0.368 e. The van der Waals surface area contributed by atoms with Crippen molar-refractivity contribution < 1.29 is 37.0 Å². The summed E-state index contributed by atoms with van der Waals surface area (Å²) in [5.74, 6) is 1.13. The zero-order chi connectivity index (χ0) is 98.3. The van der Waals surface area contributed by atoms with Crippen molar-refractivity contribution in [1.29, 1.82) is 0 Å². The van der Waals surface area contributed by atoms with Gasteiger partial charge in [0.1, 0.15) is 34.9 Å². The number of aromatic nitrogens is 16. The summed E-state index contributed by atoms with van der Waals surface area (Å²) in [4.78, 5) is 110. The van der Waals surface area contributed by atoms with Crippen LogP contribution in [-0.2, 0) is 64.0 Å². The Kier molecular flexibility index (Phi) is 22.6. The normalized spacial score (nSPS) is 14.1. The monoisotopic (exact) mass is 1790 g/mol. The zero-order valence-electron chi connectivity index (χ0n) is 81.3. The number of nitrogens with one attached hydrogen (secondary N) is 12. The summed E-state index contributed by atoms with van der Waals surface area (Å²) >= 11 is 0. The van der Waals surface area contributed by atoms with Gasteiger partial charge in [-0.15, -0.1) is 10.2 Å². The maximum atomic E-state index is 12.9. The van der Waals surface area contributed by atoms with E-state index in [4.69, 9.17) is 8.22 Å². The van der Waals surface area contributed by atoms with E-state index in [1.807, 2.05) is 200 Å². The molecule has 0 atom stereocenters. The smallest absolute Gasteiger partial charge is 0.273 e. The van der Waals surface area contributed by atoms with E-state index < -0.39 is 25.8 Å². The van der Waals surface area contributed by atoms with E-state index in [0.717, 1.165) is 145 Å². The summed E-state index contributed by atoms with van der Waals surface area (Å²) in [6, 6.07) is 35.8. The molecule has 20 rings (SSSR count). The number of hydrogen-bond donors (Lipinski definition) is 12. The molecule has 0 spiro atoms. The Bertz CT molecular complexity index is 7150. The van der Waals surface area contributed by atoms with Crippen LogP contribution in [0.4, 0.5) is 103 Å². The molecule has 0 unspecified atom stereocenters. The number of carbonyl (C=O) groups excluding carboxylic acids is 6. The lowest BCUT2D eigenvalue weighted by molar-refractivity contribution is -0.118. The SMILES string of the molecule is CNC(=O)c1cnc(Nc2cc(C)nc(C)n2)cc1Nc1cccc2c1N(C)Cc1cn(C)nc1-2.CNC(=O)c1nnc(NC(=O)C2CC2)cc1Nc1cccc2c1N(C)Cc1cn(C)nc1-2.[2H]C([2H])([2H])NC(=O)c1cnc(NC(=O)C2CC2)cc1Nc1cccc2c1N(C)Cc1cn(C)nc1-2.[2H]C([2H])([2H])NC(=O)c1cnc(Nc2ccc(C)cn2)cc1Nc1cccc2c1N(C)Cc1cn(C)nc1-2. The molecular weight excluding hydrogens is 1690 g/mol. The van der Waals surface area contributed by atoms with Gasteiger partial charge in [-0.3, -0.25) is 47.5 Å². The number of benzene rings is 4. The molecule has 2 aliphatic carbocycles. The second-order valence-corrected chi connectivity index (χ2v) is 33.3. The highest BCUT2D eigenvalue weighted by Crippen LogP contribution is 2.49. The van der Waals surface area contributed by atoms with Gasteiger partial charge in [0.05, 0.1) is 108 Å². The molecule has 2 fully saturated rings. The van der Waals surface area contributed by atoms with Crippen LogP contribution in [-0.4, -0.2) is 171 Å². The van der Waals surface area contributed by atoms with Crippen molar-refractivity contribution in [3.8, 4) is 45.0 Å². The molecule has 0 radical (unpaired) electrons. The van der Waals surface area contributed by atoms with Crippen molar-refractivity contribution in [1.82, 2.24) is 100 Å². The van der Waals surface area contributed by atoms with Crippen molar-refractivity contribution in [3.05, 3.63) is 227 Å². The summed E-state index contributed by atoms with van der Waals surface area (Å²) in [5, 5.41) is 61.4. The second-order valence-electron chi connectivity index (χ2n) is 33.3. The van der Waals surface area contributed by atoms with Gasteiger partial charge in [0.2, 0.25) is 11.8 Å². The molecule has 2 saturated carbocycles. The fourth-order valence-electron chi connectivity index (χ4n) is 16.7.